The third-order valence-electron chi connectivity index (χ3n) is 4.85. The van der Waals surface area contributed by atoms with E-state index < -0.39 is 11.6 Å². The number of benzene rings is 1. The van der Waals surface area contributed by atoms with Crippen LogP contribution < -0.4 is 4.90 Å². The van der Waals surface area contributed by atoms with Crippen molar-refractivity contribution < 1.29 is 8.78 Å². The molecule has 1 aliphatic heterocycles. The number of rotatable bonds is 2. The molecule has 1 saturated heterocycles. The Morgan fingerprint density at radius 3 is 2.48 bits per heavy atom. The zero-order valence-electron chi connectivity index (χ0n) is 14.4. The minimum Gasteiger partial charge on any atom is -0.355 e. The number of nitrogens with one attached hydrogen (secondary N) is 1. The maximum Gasteiger partial charge on any atom is 0.159 e. The predicted molar refractivity (Wildman–Crippen MR) is 94.8 cm³/mol. The summed E-state index contributed by atoms with van der Waals surface area (Å²) in [5.41, 5.74) is 3.99. The Hall–Kier alpha value is -2.50. The van der Waals surface area contributed by atoms with Crippen LogP contribution >= 0.6 is 0 Å². The lowest BCUT2D eigenvalue weighted by molar-refractivity contribution is 0.509. The minimum atomic E-state index is -0.853. The van der Waals surface area contributed by atoms with Gasteiger partial charge >= 0.3 is 0 Å². The SMILES string of the molecule is Cc1nc(N2CCCCC2)c2[nH]c(-c3ccc(F)c(F)c3)c(C)c2n1. The Labute approximate surface area is 144 Å². The van der Waals surface area contributed by atoms with E-state index in [9.17, 15) is 8.78 Å². The molecule has 4 nitrogen and oxygen atoms in total. The Bertz CT molecular complexity index is 942. The van der Waals surface area contributed by atoms with Crippen LogP contribution in [-0.2, 0) is 0 Å². The number of fused-ring (bicyclic) bond motifs is 1. The average Bonchev–Trinajstić information content (AvgIpc) is 2.94. The molecule has 130 valence electrons. The van der Waals surface area contributed by atoms with Crippen LogP contribution in [0.3, 0.4) is 0 Å². The third-order valence-corrected chi connectivity index (χ3v) is 4.85. The summed E-state index contributed by atoms with van der Waals surface area (Å²) in [5.74, 6) is -0.0811. The number of hydrogen-bond donors (Lipinski definition) is 1. The molecule has 1 aromatic carbocycles. The van der Waals surface area contributed by atoms with Crippen molar-refractivity contribution in [3.63, 3.8) is 0 Å². The van der Waals surface area contributed by atoms with Crippen molar-refractivity contribution in [2.45, 2.75) is 33.1 Å². The summed E-state index contributed by atoms with van der Waals surface area (Å²) in [6.45, 7) is 5.78. The van der Waals surface area contributed by atoms with E-state index in [-0.39, 0.29) is 0 Å². The number of aryl methyl sites for hydroxylation is 2. The van der Waals surface area contributed by atoms with Gasteiger partial charge in [-0.25, -0.2) is 18.7 Å². The molecule has 0 bridgehead atoms. The first kappa shape index (κ1) is 16.0. The van der Waals surface area contributed by atoms with E-state index in [1.165, 1.54) is 12.5 Å². The highest BCUT2D eigenvalue weighted by Crippen LogP contribution is 2.34. The first-order valence-corrected chi connectivity index (χ1v) is 8.62. The van der Waals surface area contributed by atoms with Gasteiger partial charge in [-0.3, -0.25) is 0 Å². The fourth-order valence-corrected chi connectivity index (χ4v) is 3.56. The van der Waals surface area contributed by atoms with Crippen molar-refractivity contribution in [1.29, 1.82) is 0 Å². The topological polar surface area (TPSA) is 44.8 Å². The second-order valence-corrected chi connectivity index (χ2v) is 6.62. The van der Waals surface area contributed by atoms with E-state index in [4.69, 9.17) is 0 Å². The molecule has 6 heteroatoms. The van der Waals surface area contributed by atoms with Crippen molar-refractivity contribution in [1.82, 2.24) is 15.0 Å². The van der Waals surface area contributed by atoms with E-state index in [1.807, 2.05) is 13.8 Å². The van der Waals surface area contributed by atoms with E-state index in [1.54, 1.807) is 6.07 Å². The summed E-state index contributed by atoms with van der Waals surface area (Å²) in [4.78, 5) is 14.9. The number of hydrogen-bond acceptors (Lipinski definition) is 3. The van der Waals surface area contributed by atoms with Crippen LogP contribution in [-0.4, -0.2) is 28.0 Å². The van der Waals surface area contributed by atoms with Crippen LogP contribution in [0.1, 0.15) is 30.7 Å². The zero-order chi connectivity index (χ0) is 17.6. The molecular formula is C19H20F2N4. The number of aromatic nitrogens is 3. The Balaban J connectivity index is 1.90. The van der Waals surface area contributed by atoms with Gasteiger partial charge in [0.05, 0.1) is 11.2 Å². The van der Waals surface area contributed by atoms with Crippen molar-refractivity contribution >= 4 is 16.9 Å². The Kier molecular flexibility index (Phi) is 3.90. The summed E-state index contributed by atoms with van der Waals surface area (Å²) in [6, 6.07) is 3.95. The van der Waals surface area contributed by atoms with Gasteiger partial charge < -0.3 is 9.88 Å². The normalized spacial score (nSPS) is 15.1. The monoisotopic (exact) mass is 342 g/mol. The molecule has 3 heterocycles. The minimum absolute atomic E-state index is 0.608. The fraction of sp³-hybridized carbons (Fsp3) is 0.368. The highest BCUT2D eigenvalue weighted by atomic mass is 19.2. The molecule has 0 unspecified atom stereocenters. The molecule has 1 fully saturated rings. The lowest BCUT2D eigenvalue weighted by Gasteiger charge is -2.28. The summed E-state index contributed by atoms with van der Waals surface area (Å²) >= 11 is 0. The van der Waals surface area contributed by atoms with Gasteiger partial charge in [0.25, 0.3) is 0 Å². The maximum atomic E-state index is 13.7. The first-order valence-electron chi connectivity index (χ1n) is 8.62. The summed E-state index contributed by atoms with van der Waals surface area (Å²) < 4.78 is 26.9. The molecular weight excluding hydrogens is 322 g/mol. The van der Waals surface area contributed by atoms with Gasteiger partial charge in [0, 0.05) is 24.2 Å². The van der Waals surface area contributed by atoms with Gasteiger partial charge in [-0.2, -0.15) is 0 Å². The van der Waals surface area contributed by atoms with Crippen LogP contribution in [0.2, 0.25) is 0 Å². The first-order chi connectivity index (χ1) is 12.0. The molecule has 0 radical (unpaired) electrons. The molecule has 1 N–H and O–H groups in total. The second kappa shape index (κ2) is 6.10. The van der Waals surface area contributed by atoms with Crippen LogP contribution in [0.4, 0.5) is 14.6 Å². The Morgan fingerprint density at radius 2 is 1.76 bits per heavy atom. The number of piperidine rings is 1. The number of H-pyrrole nitrogens is 1. The van der Waals surface area contributed by atoms with Crippen LogP contribution in [0.15, 0.2) is 18.2 Å². The summed E-state index contributed by atoms with van der Waals surface area (Å²) in [7, 11) is 0. The lowest BCUT2D eigenvalue weighted by Crippen LogP contribution is -2.30. The van der Waals surface area contributed by atoms with E-state index in [2.05, 4.69) is 19.9 Å². The number of anilines is 1. The third kappa shape index (κ3) is 2.75. The second-order valence-electron chi connectivity index (χ2n) is 6.62. The van der Waals surface area contributed by atoms with Crippen molar-refractivity contribution in [2.75, 3.05) is 18.0 Å². The van der Waals surface area contributed by atoms with Crippen molar-refractivity contribution in [2.24, 2.45) is 0 Å². The molecule has 0 atom stereocenters. The molecule has 0 saturated carbocycles. The van der Waals surface area contributed by atoms with Crippen LogP contribution in [0, 0.1) is 25.5 Å². The van der Waals surface area contributed by atoms with E-state index in [0.717, 1.165) is 60.1 Å². The predicted octanol–water partition coefficient (Wildman–Crippen LogP) is 4.51. The van der Waals surface area contributed by atoms with E-state index >= 15 is 0 Å². The quantitative estimate of drug-likeness (QED) is 0.745. The molecule has 0 amide bonds. The standard InChI is InChI=1S/C19H20F2N4/c1-11-16(13-6-7-14(20)15(21)10-13)24-18-17(11)22-12(2)23-19(18)25-8-4-3-5-9-25/h6-7,10,24H,3-5,8-9H2,1-2H3. The molecule has 25 heavy (non-hydrogen) atoms. The molecule has 1 aliphatic rings. The number of halogens is 2. The maximum absolute atomic E-state index is 13.7. The molecule has 3 aromatic rings. The highest BCUT2D eigenvalue weighted by Gasteiger charge is 2.21. The Morgan fingerprint density at radius 1 is 1.00 bits per heavy atom. The molecule has 0 aliphatic carbocycles. The smallest absolute Gasteiger partial charge is 0.159 e. The summed E-state index contributed by atoms with van der Waals surface area (Å²) in [5, 5.41) is 0. The van der Waals surface area contributed by atoms with Gasteiger partial charge in [0.15, 0.2) is 17.5 Å². The van der Waals surface area contributed by atoms with Crippen LogP contribution in [0.25, 0.3) is 22.3 Å². The van der Waals surface area contributed by atoms with Gasteiger partial charge in [-0.15, -0.1) is 0 Å². The largest absolute Gasteiger partial charge is 0.355 e. The summed E-state index contributed by atoms with van der Waals surface area (Å²) in [6.07, 6.45) is 3.55. The lowest BCUT2D eigenvalue weighted by atomic mass is 10.1. The molecule has 4 rings (SSSR count). The van der Waals surface area contributed by atoms with Gasteiger partial charge in [0.1, 0.15) is 11.3 Å². The zero-order valence-corrected chi connectivity index (χ0v) is 14.4. The number of nitrogens with zero attached hydrogens (tertiary/aromatic N) is 3. The van der Waals surface area contributed by atoms with Gasteiger partial charge in [-0.1, -0.05) is 0 Å². The number of aromatic amines is 1. The highest BCUT2D eigenvalue weighted by molar-refractivity contribution is 5.94. The molecule has 2 aromatic heterocycles. The van der Waals surface area contributed by atoms with Crippen molar-refractivity contribution in [3.8, 4) is 11.3 Å². The average molecular weight is 342 g/mol. The van der Waals surface area contributed by atoms with Crippen LogP contribution in [0.5, 0.6) is 0 Å². The van der Waals surface area contributed by atoms with Crippen molar-refractivity contribution in [3.05, 3.63) is 41.2 Å². The molecule has 0 spiro atoms. The van der Waals surface area contributed by atoms with Gasteiger partial charge in [-0.05, 0) is 51.3 Å². The van der Waals surface area contributed by atoms with Gasteiger partial charge in [0.2, 0.25) is 0 Å². The fourth-order valence-electron chi connectivity index (χ4n) is 3.56. The van der Waals surface area contributed by atoms with E-state index in [0.29, 0.717) is 11.4 Å².